The lowest BCUT2D eigenvalue weighted by Gasteiger charge is -2.13. The van der Waals surface area contributed by atoms with Crippen molar-refractivity contribution in [3.05, 3.63) is 92.0 Å². The van der Waals surface area contributed by atoms with Crippen molar-refractivity contribution < 1.29 is 27.1 Å². The Kier molecular flexibility index (Phi) is 7.61. The van der Waals surface area contributed by atoms with Gasteiger partial charge in [-0.15, -0.1) is 0 Å². The molecule has 0 bridgehead atoms. The number of carbonyl (C=O) groups excluding carboxylic acids is 1. The predicted octanol–water partition coefficient (Wildman–Crippen LogP) is 2.37. The van der Waals surface area contributed by atoms with Gasteiger partial charge in [-0.2, -0.15) is 23.0 Å². The fraction of sp³-hybridized carbons (Fsp3) is 0.273. The highest BCUT2D eigenvalue weighted by molar-refractivity contribution is 5.91. The van der Waals surface area contributed by atoms with Crippen LogP contribution in [0.25, 0.3) is 5.69 Å². The molecule has 180 valence electrons. The van der Waals surface area contributed by atoms with Crippen LogP contribution in [0.1, 0.15) is 28.0 Å². The van der Waals surface area contributed by atoms with Crippen molar-refractivity contribution in [3.63, 3.8) is 0 Å². The monoisotopic (exact) mass is 480 g/mol. The zero-order chi connectivity index (χ0) is 24.9. The highest BCUT2D eigenvalue weighted by Crippen LogP contribution is 2.29. The van der Waals surface area contributed by atoms with Crippen molar-refractivity contribution in [2.24, 2.45) is 0 Å². The summed E-state index contributed by atoms with van der Waals surface area (Å²) in [6.45, 7) is 0.0306. The van der Waals surface area contributed by atoms with Gasteiger partial charge in [0.2, 0.25) is 5.69 Å². The molecule has 0 spiro atoms. The van der Waals surface area contributed by atoms with E-state index in [1.54, 1.807) is 0 Å². The SMILES string of the molecule is COCCCNC(=O)c1nn(-c2ccccc2F)c(=O)n(Cc2ccc(C(F)(F)F)cc2)c1=O. The molecule has 1 heterocycles. The van der Waals surface area contributed by atoms with E-state index in [0.717, 1.165) is 30.3 Å². The molecule has 34 heavy (non-hydrogen) atoms. The molecule has 0 fully saturated rings. The maximum Gasteiger partial charge on any atom is 0.416 e. The standard InChI is InChI=1S/C22H20F4N4O4/c1-34-12-4-11-27-19(31)18-20(32)29(13-14-7-9-15(10-8-14)22(24,25)26)21(33)30(28-18)17-6-3-2-5-16(17)23/h2-3,5-10H,4,11-13H2,1H3,(H,27,31). The van der Waals surface area contributed by atoms with Gasteiger partial charge in [0.1, 0.15) is 11.5 Å². The molecule has 0 unspecified atom stereocenters. The second-order valence-electron chi connectivity index (χ2n) is 7.18. The van der Waals surface area contributed by atoms with Crippen LogP contribution in [-0.4, -0.2) is 40.5 Å². The maximum absolute atomic E-state index is 14.4. The molecule has 0 saturated carbocycles. The van der Waals surface area contributed by atoms with Crippen LogP contribution in [0.5, 0.6) is 0 Å². The maximum atomic E-state index is 14.4. The molecule has 1 aromatic heterocycles. The third-order valence-electron chi connectivity index (χ3n) is 4.79. The van der Waals surface area contributed by atoms with Crippen LogP contribution < -0.4 is 16.6 Å². The van der Waals surface area contributed by atoms with Crippen LogP contribution in [0.4, 0.5) is 17.6 Å². The number of rotatable bonds is 8. The molecular weight excluding hydrogens is 460 g/mol. The quantitative estimate of drug-likeness (QED) is 0.395. The Balaban J connectivity index is 2.08. The minimum absolute atomic E-state index is 0.144. The van der Waals surface area contributed by atoms with E-state index in [9.17, 15) is 31.9 Å². The molecule has 0 saturated heterocycles. The molecule has 12 heteroatoms. The van der Waals surface area contributed by atoms with E-state index in [1.807, 2.05) is 0 Å². The van der Waals surface area contributed by atoms with Gasteiger partial charge in [-0.3, -0.25) is 14.2 Å². The highest BCUT2D eigenvalue weighted by Gasteiger charge is 2.30. The summed E-state index contributed by atoms with van der Waals surface area (Å²) in [5.41, 5.74) is -3.83. The Labute approximate surface area is 190 Å². The van der Waals surface area contributed by atoms with Gasteiger partial charge >= 0.3 is 11.9 Å². The fourth-order valence-corrected chi connectivity index (χ4v) is 3.06. The molecule has 2 aromatic carbocycles. The number of methoxy groups -OCH3 is 1. The van der Waals surface area contributed by atoms with Gasteiger partial charge in [0.25, 0.3) is 11.5 Å². The zero-order valence-electron chi connectivity index (χ0n) is 17.9. The average molecular weight is 480 g/mol. The van der Waals surface area contributed by atoms with Crippen LogP contribution in [0.15, 0.2) is 58.1 Å². The van der Waals surface area contributed by atoms with Crippen molar-refractivity contribution in [2.75, 3.05) is 20.3 Å². The number of hydrogen-bond acceptors (Lipinski definition) is 5. The molecule has 0 aliphatic carbocycles. The Morgan fingerprint density at radius 3 is 2.38 bits per heavy atom. The smallest absolute Gasteiger partial charge is 0.385 e. The van der Waals surface area contributed by atoms with Gasteiger partial charge in [-0.05, 0) is 36.2 Å². The number of nitrogens with zero attached hydrogens (tertiary/aromatic N) is 3. The molecule has 3 aromatic rings. The summed E-state index contributed by atoms with van der Waals surface area (Å²) < 4.78 is 59.0. The zero-order valence-corrected chi connectivity index (χ0v) is 17.9. The van der Waals surface area contributed by atoms with E-state index in [4.69, 9.17) is 4.74 Å². The molecule has 3 rings (SSSR count). The lowest BCUT2D eigenvalue weighted by molar-refractivity contribution is -0.137. The first kappa shape index (κ1) is 24.8. The number of carbonyl (C=O) groups is 1. The number of alkyl halides is 3. The van der Waals surface area contributed by atoms with Crippen molar-refractivity contribution in [3.8, 4) is 5.69 Å². The van der Waals surface area contributed by atoms with E-state index in [0.29, 0.717) is 22.3 Å². The van der Waals surface area contributed by atoms with Gasteiger partial charge in [-0.1, -0.05) is 24.3 Å². The average Bonchev–Trinajstić information content (AvgIpc) is 2.80. The van der Waals surface area contributed by atoms with Gasteiger partial charge < -0.3 is 10.1 Å². The minimum Gasteiger partial charge on any atom is -0.385 e. The summed E-state index contributed by atoms with van der Waals surface area (Å²) in [6.07, 6.45) is -4.12. The summed E-state index contributed by atoms with van der Waals surface area (Å²) in [7, 11) is 1.48. The molecule has 0 atom stereocenters. The lowest BCUT2D eigenvalue weighted by atomic mass is 10.1. The molecule has 1 amide bonds. The summed E-state index contributed by atoms with van der Waals surface area (Å²) in [4.78, 5) is 38.6. The Bertz CT molecular complexity index is 1280. The van der Waals surface area contributed by atoms with Crippen molar-refractivity contribution in [2.45, 2.75) is 19.1 Å². The van der Waals surface area contributed by atoms with Gasteiger partial charge in [0, 0.05) is 20.3 Å². The molecule has 8 nitrogen and oxygen atoms in total. The van der Waals surface area contributed by atoms with E-state index in [-0.39, 0.29) is 17.8 Å². The normalized spacial score (nSPS) is 11.4. The largest absolute Gasteiger partial charge is 0.416 e. The molecule has 1 N–H and O–H groups in total. The van der Waals surface area contributed by atoms with Crippen LogP contribution in [0.3, 0.4) is 0 Å². The number of para-hydroxylation sites is 1. The van der Waals surface area contributed by atoms with Crippen molar-refractivity contribution in [1.82, 2.24) is 19.7 Å². The summed E-state index contributed by atoms with van der Waals surface area (Å²) in [6, 6.07) is 8.94. The first-order valence-corrected chi connectivity index (χ1v) is 10.1. The lowest BCUT2D eigenvalue weighted by Crippen LogP contribution is -2.46. The third-order valence-corrected chi connectivity index (χ3v) is 4.79. The molecule has 0 aliphatic rings. The van der Waals surface area contributed by atoms with Crippen molar-refractivity contribution in [1.29, 1.82) is 0 Å². The second kappa shape index (κ2) is 10.4. The predicted molar refractivity (Wildman–Crippen MR) is 113 cm³/mol. The summed E-state index contributed by atoms with van der Waals surface area (Å²) in [5.74, 6) is -1.73. The van der Waals surface area contributed by atoms with Gasteiger partial charge in [0.15, 0.2) is 0 Å². The first-order chi connectivity index (χ1) is 16.1. The number of amides is 1. The van der Waals surface area contributed by atoms with Crippen LogP contribution in [-0.2, 0) is 17.5 Å². The number of aromatic nitrogens is 3. The van der Waals surface area contributed by atoms with E-state index in [2.05, 4.69) is 10.4 Å². The molecule has 0 aliphatic heterocycles. The van der Waals surface area contributed by atoms with Crippen LogP contribution in [0, 0.1) is 5.82 Å². The van der Waals surface area contributed by atoms with Gasteiger partial charge in [0.05, 0.1) is 12.1 Å². The van der Waals surface area contributed by atoms with E-state index < -0.39 is 47.0 Å². The Morgan fingerprint density at radius 1 is 1.09 bits per heavy atom. The topological polar surface area (TPSA) is 95.2 Å². The fourth-order valence-electron chi connectivity index (χ4n) is 3.06. The number of benzene rings is 2. The molecule has 0 radical (unpaired) electrons. The van der Waals surface area contributed by atoms with E-state index in [1.165, 1.54) is 25.3 Å². The van der Waals surface area contributed by atoms with Crippen LogP contribution >= 0.6 is 0 Å². The van der Waals surface area contributed by atoms with Gasteiger partial charge in [-0.25, -0.2) is 9.18 Å². The molecular formula is C22H20F4N4O4. The number of halogens is 4. The number of ether oxygens (including phenoxy) is 1. The van der Waals surface area contributed by atoms with Crippen molar-refractivity contribution >= 4 is 5.91 Å². The van der Waals surface area contributed by atoms with Crippen LogP contribution in [0.2, 0.25) is 0 Å². The number of hydrogen-bond donors (Lipinski definition) is 1. The minimum atomic E-state index is -4.56. The Morgan fingerprint density at radius 2 is 1.76 bits per heavy atom. The Hall–Kier alpha value is -3.80. The third kappa shape index (κ3) is 5.57. The summed E-state index contributed by atoms with van der Waals surface area (Å²) >= 11 is 0. The summed E-state index contributed by atoms with van der Waals surface area (Å²) in [5, 5.41) is 6.26. The number of nitrogens with one attached hydrogen (secondary N) is 1. The first-order valence-electron chi connectivity index (χ1n) is 10.1. The van der Waals surface area contributed by atoms with E-state index >= 15 is 0 Å². The highest BCUT2D eigenvalue weighted by atomic mass is 19.4. The second-order valence-corrected chi connectivity index (χ2v) is 7.18.